The second-order valence-electron chi connectivity index (χ2n) is 4.45. The molecule has 20 heavy (non-hydrogen) atoms. The van der Waals surface area contributed by atoms with Crippen LogP contribution >= 0.6 is 0 Å². The number of ether oxygens (including phenoxy) is 2. The van der Waals surface area contributed by atoms with Gasteiger partial charge in [0.05, 0.1) is 7.11 Å². The van der Waals surface area contributed by atoms with Crippen molar-refractivity contribution in [3.63, 3.8) is 0 Å². The molecule has 0 heterocycles. The molecule has 1 aliphatic carbocycles. The van der Waals surface area contributed by atoms with Crippen molar-refractivity contribution in [1.82, 2.24) is 0 Å². The molecule has 0 aliphatic heterocycles. The first-order chi connectivity index (χ1) is 9.57. The van der Waals surface area contributed by atoms with E-state index in [0.29, 0.717) is 5.57 Å². The van der Waals surface area contributed by atoms with E-state index in [0.717, 1.165) is 5.56 Å². The number of hydrogen-bond donors (Lipinski definition) is 1. The minimum Gasteiger partial charge on any atom is -0.495 e. The highest BCUT2D eigenvalue weighted by Crippen LogP contribution is 2.32. The van der Waals surface area contributed by atoms with Gasteiger partial charge in [-0.3, -0.25) is 0 Å². The Labute approximate surface area is 117 Å². The molecule has 0 fully saturated rings. The molecule has 0 saturated carbocycles. The van der Waals surface area contributed by atoms with Gasteiger partial charge in [-0.1, -0.05) is 42.5 Å². The Balaban J connectivity index is 2.26. The Morgan fingerprint density at radius 2 is 1.90 bits per heavy atom. The number of benzene rings is 1. The monoisotopic (exact) mass is 276 g/mol. The number of rotatable bonds is 4. The summed E-state index contributed by atoms with van der Waals surface area (Å²) in [6.45, 7) is 0. The van der Waals surface area contributed by atoms with Gasteiger partial charge < -0.3 is 14.6 Å². The van der Waals surface area contributed by atoms with Crippen molar-refractivity contribution >= 4 is 6.08 Å². The van der Waals surface area contributed by atoms with E-state index in [1.165, 1.54) is 26.4 Å². The summed E-state index contributed by atoms with van der Waals surface area (Å²) >= 11 is 0. The summed E-state index contributed by atoms with van der Waals surface area (Å²) < 4.78 is 24.0. The molecule has 1 aliphatic rings. The Morgan fingerprint density at radius 1 is 1.20 bits per heavy atom. The Kier molecular flexibility index (Phi) is 4.37. The topological polar surface area (TPSA) is 38.7 Å². The van der Waals surface area contributed by atoms with Crippen LogP contribution in [0.3, 0.4) is 0 Å². The van der Waals surface area contributed by atoms with Crippen LogP contribution in [0.1, 0.15) is 5.56 Å². The summed E-state index contributed by atoms with van der Waals surface area (Å²) in [4.78, 5) is 0. The largest absolute Gasteiger partial charge is 0.495 e. The second-order valence-corrected chi connectivity index (χ2v) is 4.45. The van der Waals surface area contributed by atoms with E-state index in [9.17, 15) is 9.50 Å². The normalized spacial score (nSPS) is 26.3. The standard InChI is InChI=1S/C16H17FO3/c1-19-14-10-13(11-15(20-2)16(14,17)18)9-8-12-6-4-3-5-7-12/h3-11,14,18H,1-2H3/b9-8+. The number of hydrogen-bond acceptors (Lipinski definition) is 3. The van der Waals surface area contributed by atoms with Crippen LogP contribution in [0.25, 0.3) is 6.08 Å². The number of aliphatic hydroxyl groups is 1. The maximum Gasteiger partial charge on any atom is 0.294 e. The zero-order valence-electron chi connectivity index (χ0n) is 11.4. The molecule has 0 amide bonds. The van der Waals surface area contributed by atoms with Crippen LogP contribution in [0, 0.1) is 0 Å². The molecular weight excluding hydrogens is 259 g/mol. The minimum absolute atomic E-state index is 0.167. The quantitative estimate of drug-likeness (QED) is 0.919. The Bertz CT molecular complexity index is 544. The number of methoxy groups -OCH3 is 2. The van der Waals surface area contributed by atoms with Gasteiger partial charge in [0, 0.05) is 7.11 Å². The van der Waals surface area contributed by atoms with Crippen molar-refractivity contribution < 1.29 is 19.0 Å². The molecule has 0 saturated heterocycles. The van der Waals surface area contributed by atoms with Crippen LogP contribution in [-0.2, 0) is 9.47 Å². The fraction of sp³-hybridized carbons (Fsp3) is 0.250. The fourth-order valence-corrected chi connectivity index (χ4v) is 2.01. The van der Waals surface area contributed by atoms with Crippen molar-refractivity contribution in [2.24, 2.45) is 0 Å². The summed E-state index contributed by atoms with van der Waals surface area (Å²) in [6.07, 6.45) is 5.58. The maximum absolute atomic E-state index is 14.1. The molecule has 1 aromatic rings. The third-order valence-electron chi connectivity index (χ3n) is 3.11. The van der Waals surface area contributed by atoms with Crippen molar-refractivity contribution in [3.8, 4) is 0 Å². The van der Waals surface area contributed by atoms with Crippen molar-refractivity contribution in [3.05, 3.63) is 65.5 Å². The highest BCUT2D eigenvalue weighted by molar-refractivity contribution is 5.56. The lowest BCUT2D eigenvalue weighted by Gasteiger charge is -2.30. The molecular formula is C16H17FO3. The van der Waals surface area contributed by atoms with Gasteiger partial charge in [0.25, 0.3) is 5.85 Å². The number of allylic oxidation sites excluding steroid dienone is 3. The summed E-state index contributed by atoms with van der Waals surface area (Å²) in [7, 11) is 2.65. The first-order valence-electron chi connectivity index (χ1n) is 6.23. The van der Waals surface area contributed by atoms with Gasteiger partial charge in [0.1, 0.15) is 6.10 Å². The molecule has 0 radical (unpaired) electrons. The van der Waals surface area contributed by atoms with E-state index in [1.54, 1.807) is 0 Å². The zero-order chi connectivity index (χ0) is 14.6. The molecule has 2 unspecified atom stereocenters. The van der Waals surface area contributed by atoms with Gasteiger partial charge in [-0.05, 0) is 23.3 Å². The van der Waals surface area contributed by atoms with E-state index in [1.807, 2.05) is 42.5 Å². The SMILES string of the molecule is COC1=CC(/C=C/c2ccccc2)=CC(OC)C1(O)F. The lowest BCUT2D eigenvalue weighted by Crippen LogP contribution is -2.42. The van der Waals surface area contributed by atoms with Gasteiger partial charge in [-0.15, -0.1) is 0 Å². The van der Waals surface area contributed by atoms with Crippen LogP contribution in [0.4, 0.5) is 4.39 Å². The minimum atomic E-state index is -2.65. The average molecular weight is 276 g/mol. The van der Waals surface area contributed by atoms with E-state index in [4.69, 9.17) is 9.47 Å². The smallest absolute Gasteiger partial charge is 0.294 e. The molecule has 0 aromatic heterocycles. The molecule has 106 valence electrons. The predicted molar refractivity (Wildman–Crippen MR) is 75.5 cm³/mol. The van der Waals surface area contributed by atoms with Gasteiger partial charge in [-0.2, -0.15) is 0 Å². The van der Waals surface area contributed by atoms with Crippen LogP contribution < -0.4 is 0 Å². The third-order valence-corrected chi connectivity index (χ3v) is 3.11. The summed E-state index contributed by atoms with van der Waals surface area (Å²) in [6, 6.07) is 9.72. The fourth-order valence-electron chi connectivity index (χ4n) is 2.01. The Morgan fingerprint density at radius 3 is 2.50 bits per heavy atom. The average Bonchev–Trinajstić information content (AvgIpc) is 2.46. The zero-order valence-corrected chi connectivity index (χ0v) is 11.4. The van der Waals surface area contributed by atoms with Gasteiger partial charge in [0.2, 0.25) is 0 Å². The van der Waals surface area contributed by atoms with Crippen molar-refractivity contribution in [2.75, 3.05) is 14.2 Å². The first kappa shape index (κ1) is 14.5. The van der Waals surface area contributed by atoms with E-state index in [2.05, 4.69) is 0 Å². The van der Waals surface area contributed by atoms with Crippen molar-refractivity contribution in [1.29, 1.82) is 0 Å². The van der Waals surface area contributed by atoms with Crippen molar-refractivity contribution in [2.45, 2.75) is 12.0 Å². The predicted octanol–water partition coefficient (Wildman–Crippen LogP) is 2.84. The van der Waals surface area contributed by atoms with E-state index >= 15 is 0 Å². The Hall–Kier alpha value is -1.91. The lowest BCUT2D eigenvalue weighted by atomic mass is 9.97. The number of alkyl halides is 1. The van der Waals surface area contributed by atoms with Crippen LogP contribution in [0.15, 0.2) is 59.9 Å². The van der Waals surface area contributed by atoms with Crippen LogP contribution in [0.2, 0.25) is 0 Å². The van der Waals surface area contributed by atoms with Gasteiger partial charge in [0.15, 0.2) is 5.76 Å². The molecule has 1 N–H and O–H groups in total. The summed E-state index contributed by atoms with van der Waals surface area (Å²) in [5, 5.41) is 9.74. The van der Waals surface area contributed by atoms with E-state index < -0.39 is 12.0 Å². The molecule has 3 nitrogen and oxygen atoms in total. The van der Waals surface area contributed by atoms with E-state index in [-0.39, 0.29) is 5.76 Å². The van der Waals surface area contributed by atoms with Gasteiger partial charge in [-0.25, -0.2) is 4.39 Å². The second kappa shape index (κ2) is 6.03. The first-order valence-corrected chi connectivity index (χ1v) is 6.23. The molecule has 1 aromatic carbocycles. The molecule has 0 bridgehead atoms. The highest BCUT2D eigenvalue weighted by atomic mass is 19.2. The summed E-state index contributed by atoms with van der Waals surface area (Å²) in [5.74, 6) is -2.81. The third kappa shape index (κ3) is 2.98. The molecule has 2 atom stereocenters. The number of halogens is 1. The molecule has 2 rings (SSSR count). The van der Waals surface area contributed by atoms with Crippen LogP contribution in [-0.4, -0.2) is 31.3 Å². The summed E-state index contributed by atoms with van der Waals surface area (Å²) in [5.41, 5.74) is 1.73. The molecule has 4 heteroatoms. The van der Waals surface area contributed by atoms with Gasteiger partial charge >= 0.3 is 0 Å². The highest BCUT2D eigenvalue weighted by Gasteiger charge is 2.43. The van der Waals surface area contributed by atoms with Crippen LogP contribution in [0.5, 0.6) is 0 Å². The maximum atomic E-state index is 14.1. The molecule has 0 spiro atoms. The lowest BCUT2D eigenvalue weighted by molar-refractivity contribution is -0.160.